The fourth-order valence-electron chi connectivity index (χ4n) is 7.86. The Labute approximate surface area is 259 Å². The SMILES string of the molecule is C1=CC(n2c3ccccc3c3ccccc32)C=c2c(c3ccccc3c3ccc(-n4c5ccccc5c5ccccc54)cc23)=C1. The van der Waals surface area contributed by atoms with Crippen molar-refractivity contribution in [1.82, 2.24) is 9.13 Å². The molecule has 210 valence electrons. The predicted molar refractivity (Wildman–Crippen MR) is 192 cm³/mol. The maximum absolute atomic E-state index is 2.50. The van der Waals surface area contributed by atoms with E-state index in [-0.39, 0.29) is 6.04 Å². The van der Waals surface area contributed by atoms with Crippen molar-refractivity contribution < 1.29 is 0 Å². The molecule has 0 bridgehead atoms. The maximum Gasteiger partial charge on any atom is 0.0718 e. The summed E-state index contributed by atoms with van der Waals surface area (Å²) in [4.78, 5) is 0. The summed E-state index contributed by atoms with van der Waals surface area (Å²) in [5.41, 5.74) is 6.14. The van der Waals surface area contributed by atoms with Crippen LogP contribution in [0.1, 0.15) is 6.04 Å². The second kappa shape index (κ2) is 9.32. The van der Waals surface area contributed by atoms with E-state index in [1.54, 1.807) is 0 Å². The topological polar surface area (TPSA) is 9.86 Å². The number of allylic oxidation sites excluding steroid dienone is 2. The molecule has 2 heteroatoms. The summed E-state index contributed by atoms with van der Waals surface area (Å²) in [5, 5.41) is 12.8. The summed E-state index contributed by atoms with van der Waals surface area (Å²) in [6, 6.07) is 51.0. The molecular formula is C43H28N2. The number of benzene rings is 7. The largest absolute Gasteiger partial charge is 0.330 e. The molecule has 1 atom stereocenters. The van der Waals surface area contributed by atoms with Crippen LogP contribution in [0.5, 0.6) is 0 Å². The van der Waals surface area contributed by atoms with Gasteiger partial charge in [-0.1, -0.05) is 121 Å². The Morgan fingerprint density at radius 1 is 0.400 bits per heavy atom. The molecule has 0 aliphatic heterocycles. The molecule has 0 saturated carbocycles. The van der Waals surface area contributed by atoms with Crippen LogP contribution in [0, 0.1) is 0 Å². The lowest BCUT2D eigenvalue weighted by atomic mass is 9.96. The fraction of sp³-hybridized carbons (Fsp3) is 0.0233. The van der Waals surface area contributed by atoms with E-state index in [4.69, 9.17) is 0 Å². The van der Waals surface area contributed by atoms with Crippen molar-refractivity contribution in [2.24, 2.45) is 0 Å². The Kier molecular flexibility index (Phi) is 5.09. The summed E-state index contributed by atoms with van der Waals surface area (Å²) >= 11 is 0. The predicted octanol–water partition coefficient (Wildman–Crippen LogP) is 9.57. The lowest BCUT2D eigenvalue weighted by molar-refractivity contribution is 0.818. The average molecular weight is 573 g/mol. The van der Waals surface area contributed by atoms with E-state index in [1.165, 1.54) is 81.3 Å². The van der Waals surface area contributed by atoms with E-state index in [1.807, 2.05) is 0 Å². The highest BCUT2D eigenvalue weighted by Crippen LogP contribution is 2.35. The van der Waals surface area contributed by atoms with Crippen LogP contribution in [0.3, 0.4) is 0 Å². The van der Waals surface area contributed by atoms with Crippen molar-refractivity contribution in [2.45, 2.75) is 6.04 Å². The molecule has 2 nitrogen and oxygen atoms in total. The molecule has 0 N–H and O–H groups in total. The molecule has 1 aliphatic rings. The third-order valence-electron chi connectivity index (χ3n) is 9.75. The maximum atomic E-state index is 2.50. The molecule has 2 aromatic heterocycles. The third kappa shape index (κ3) is 3.45. The normalized spacial score (nSPS) is 14.7. The van der Waals surface area contributed by atoms with E-state index in [2.05, 4.69) is 173 Å². The van der Waals surface area contributed by atoms with Crippen LogP contribution in [0.2, 0.25) is 0 Å². The van der Waals surface area contributed by atoms with Gasteiger partial charge in [-0.15, -0.1) is 0 Å². The number of hydrogen-bond donors (Lipinski definition) is 0. The fourth-order valence-corrected chi connectivity index (χ4v) is 7.86. The van der Waals surface area contributed by atoms with Crippen molar-refractivity contribution in [2.75, 3.05) is 0 Å². The first-order valence-electron chi connectivity index (χ1n) is 15.7. The lowest BCUT2D eigenvalue weighted by Gasteiger charge is -2.16. The molecule has 45 heavy (non-hydrogen) atoms. The van der Waals surface area contributed by atoms with Crippen molar-refractivity contribution in [3.8, 4) is 5.69 Å². The van der Waals surface area contributed by atoms with Crippen LogP contribution in [-0.4, -0.2) is 9.13 Å². The molecule has 1 unspecified atom stereocenters. The monoisotopic (exact) mass is 572 g/mol. The van der Waals surface area contributed by atoms with Crippen LogP contribution in [0.25, 0.3) is 83.0 Å². The second-order valence-corrected chi connectivity index (χ2v) is 12.1. The Hall–Kier alpha value is -5.86. The summed E-state index contributed by atoms with van der Waals surface area (Å²) < 4.78 is 4.93. The molecule has 9 aromatic rings. The minimum atomic E-state index is 0.0496. The van der Waals surface area contributed by atoms with Gasteiger partial charge in [-0.25, -0.2) is 0 Å². The van der Waals surface area contributed by atoms with Gasteiger partial charge in [0, 0.05) is 38.3 Å². The number of nitrogens with zero attached hydrogens (tertiary/aromatic N) is 2. The Bertz CT molecular complexity index is 2720. The van der Waals surface area contributed by atoms with Gasteiger partial charge in [0.25, 0.3) is 0 Å². The van der Waals surface area contributed by atoms with Gasteiger partial charge in [0.1, 0.15) is 0 Å². The number of hydrogen-bond acceptors (Lipinski definition) is 0. The summed E-state index contributed by atoms with van der Waals surface area (Å²) in [6.45, 7) is 0. The first-order valence-corrected chi connectivity index (χ1v) is 15.7. The summed E-state index contributed by atoms with van der Waals surface area (Å²) in [7, 11) is 0. The van der Waals surface area contributed by atoms with Crippen molar-refractivity contribution in [3.63, 3.8) is 0 Å². The highest BCUT2D eigenvalue weighted by Gasteiger charge is 2.18. The van der Waals surface area contributed by atoms with Gasteiger partial charge >= 0.3 is 0 Å². The van der Waals surface area contributed by atoms with Gasteiger partial charge in [-0.2, -0.15) is 0 Å². The van der Waals surface area contributed by atoms with Crippen molar-refractivity contribution in [1.29, 1.82) is 0 Å². The van der Waals surface area contributed by atoms with Crippen molar-refractivity contribution >= 4 is 77.3 Å². The molecule has 0 spiro atoms. The third-order valence-corrected chi connectivity index (χ3v) is 9.75. The number of rotatable bonds is 2. The summed E-state index contributed by atoms with van der Waals surface area (Å²) in [6.07, 6.45) is 9.40. The minimum Gasteiger partial charge on any atom is -0.330 e. The van der Waals surface area contributed by atoms with Gasteiger partial charge in [-0.05, 0) is 74.5 Å². The van der Waals surface area contributed by atoms with Gasteiger partial charge in [0.15, 0.2) is 0 Å². The molecule has 0 radical (unpaired) electrons. The zero-order valence-corrected chi connectivity index (χ0v) is 24.6. The number of aromatic nitrogens is 2. The van der Waals surface area contributed by atoms with Crippen molar-refractivity contribution in [3.05, 3.63) is 162 Å². The van der Waals surface area contributed by atoms with E-state index in [9.17, 15) is 0 Å². The zero-order valence-electron chi connectivity index (χ0n) is 24.6. The van der Waals surface area contributed by atoms with Crippen LogP contribution in [0.15, 0.2) is 152 Å². The van der Waals surface area contributed by atoms with Crippen LogP contribution in [-0.2, 0) is 0 Å². The molecule has 0 fully saturated rings. The number of para-hydroxylation sites is 4. The highest BCUT2D eigenvalue weighted by molar-refractivity contribution is 6.12. The Balaban J connectivity index is 1.33. The molecule has 7 aromatic carbocycles. The van der Waals surface area contributed by atoms with E-state index in [0.29, 0.717) is 0 Å². The average Bonchev–Trinajstić information content (AvgIpc) is 3.51. The molecule has 2 heterocycles. The number of fused-ring (bicyclic) bond motifs is 12. The molecule has 1 aliphatic carbocycles. The molecular weight excluding hydrogens is 544 g/mol. The van der Waals surface area contributed by atoms with Crippen LogP contribution >= 0.6 is 0 Å². The summed E-state index contributed by atoms with van der Waals surface area (Å²) in [5.74, 6) is 0. The Morgan fingerprint density at radius 3 is 1.51 bits per heavy atom. The second-order valence-electron chi connectivity index (χ2n) is 12.1. The first-order chi connectivity index (χ1) is 22.3. The van der Waals surface area contributed by atoms with Crippen LogP contribution in [0.4, 0.5) is 0 Å². The van der Waals surface area contributed by atoms with Crippen LogP contribution < -0.4 is 10.4 Å². The smallest absolute Gasteiger partial charge is 0.0718 e. The van der Waals surface area contributed by atoms with Gasteiger partial charge in [-0.3, -0.25) is 0 Å². The quantitative estimate of drug-likeness (QED) is 0.183. The van der Waals surface area contributed by atoms with E-state index < -0.39 is 0 Å². The Morgan fingerprint density at radius 2 is 0.889 bits per heavy atom. The molecule has 0 saturated heterocycles. The lowest BCUT2D eigenvalue weighted by Crippen LogP contribution is -2.27. The zero-order chi connectivity index (χ0) is 29.5. The van der Waals surface area contributed by atoms with E-state index >= 15 is 0 Å². The molecule has 10 rings (SSSR count). The van der Waals surface area contributed by atoms with Gasteiger partial charge in [0.05, 0.1) is 17.1 Å². The van der Waals surface area contributed by atoms with E-state index in [0.717, 1.165) is 0 Å². The minimum absolute atomic E-state index is 0.0496. The molecule has 0 amide bonds. The van der Waals surface area contributed by atoms with Gasteiger partial charge in [0.2, 0.25) is 0 Å². The highest BCUT2D eigenvalue weighted by atomic mass is 15.0. The standard InChI is InChI=1S/C43H28N2/c1-2-14-31-30(13-1)32-19-11-12-28(44-40-20-7-3-15-34(40)35-16-4-8-21-41(35)44)26-38(32)39-27-29(24-25-33(31)39)45-42-22-9-5-17-36(42)37-18-6-10-23-43(37)45/h1-28H. The first kappa shape index (κ1) is 24.6. The van der Waals surface area contributed by atoms with Gasteiger partial charge < -0.3 is 9.13 Å².